The Labute approximate surface area is 316 Å². The molecule has 10 rings (SSSR count). The summed E-state index contributed by atoms with van der Waals surface area (Å²) in [5, 5.41) is 4.94. The minimum Gasteiger partial charge on any atom is -0.456 e. The Balaban J connectivity index is 1.16. The predicted molar refractivity (Wildman–Crippen MR) is 228 cm³/mol. The molecule has 2 heteroatoms. The van der Waals surface area contributed by atoms with Crippen molar-refractivity contribution in [2.45, 2.75) is 38.0 Å². The first-order chi connectivity index (χ1) is 26.8. The van der Waals surface area contributed by atoms with Crippen LogP contribution in [-0.4, -0.2) is 0 Å². The van der Waals surface area contributed by atoms with Crippen molar-refractivity contribution >= 4 is 49.8 Å². The number of para-hydroxylation sites is 1. The monoisotopic (exact) mass is 695 g/mol. The van der Waals surface area contributed by atoms with E-state index in [-0.39, 0.29) is 0 Å². The third-order valence-electron chi connectivity index (χ3n) is 11.5. The number of rotatable bonds is 7. The normalized spacial score (nSPS) is 13.5. The molecule has 2 nitrogen and oxygen atoms in total. The van der Waals surface area contributed by atoms with Gasteiger partial charge in [0.05, 0.1) is 0 Å². The highest BCUT2D eigenvalue weighted by Crippen LogP contribution is 2.45. The molecule has 0 bridgehead atoms. The Morgan fingerprint density at radius 2 is 1.02 bits per heavy atom. The summed E-state index contributed by atoms with van der Waals surface area (Å²) in [6.45, 7) is 0. The fraction of sp³-hybridized carbons (Fsp3) is 0.115. The highest BCUT2D eigenvalue weighted by atomic mass is 16.3. The third-order valence-corrected chi connectivity index (χ3v) is 11.5. The molecule has 0 amide bonds. The number of nitrogens with zero attached hydrogens (tertiary/aromatic N) is 1. The molecule has 0 saturated heterocycles. The maximum Gasteiger partial charge on any atom is 0.137 e. The lowest BCUT2D eigenvalue weighted by atomic mass is 9.81. The number of hydrogen-bond acceptors (Lipinski definition) is 2. The van der Waals surface area contributed by atoms with Gasteiger partial charge >= 0.3 is 0 Å². The van der Waals surface area contributed by atoms with Gasteiger partial charge in [-0.2, -0.15) is 0 Å². The Kier molecular flexibility index (Phi) is 8.30. The molecule has 1 heterocycles. The van der Waals surface area contributed by atoms with Crippen LogP contribution in [0.3, 0.4) is 0 Å². The van der Waals surface area contributed by atoms with Crippen molar-refractivity contribution in [2.24, 2.45) is 0 Å². The molecule has 1 saturated carbocycles. The molecule has 0 N–H and O–H groups in total. The molecule has 54 heavy (non-hydrogen) atoms. The Morgan fingerprint density at radius 1 is 0.407 bits per heavy atom. The van der Waals surface area contributed by atoms with Crippen LogP contribution in [0.1, 0.15) is 43.6 Å². The average Bonchev–Trinajstić information content (AvgIpc) is 3.62. The SMILES string of the molecule is c1ccc(-c2cccc(-c3ccccc3)c2-c2ccc(N(c3cc(C4CCCCC4)c4ccccc4c3)c3ccc4c(c3)oc3ccccc34)cc2)cc1. The maximum atomic E-state index is 6.46. The Morgan fingerprint density at radius 3 is 1.74 bits per heavy atom. The zero-order valence-electron chi connectivity index (χ0n) is 30.3. The summed E-state index contributed by atoms with van der Waals surface area (Å²) in [5.41, 5.74) is 13.9. The van der Waals surface area contributed by atoms with E-state index in [1.165, 1.54) is 87.5 Å². The second-order valence-electron chi connectivity index (χ2n) is 14.7. The average molecular weight is 696 g/mol. The maximum absolute atomic E-state index is 6.46. The zero-order valence-corrected chi connectivity index (χ0v) is 30.3. The van der Waals surface area contributed by atoms with Crippen molar-refractivity contribution in [1.29, 1.82) is 0 Å². The summed E-state index contributed by atoms with van der Waals surface area (Å²) < 4.78 is 6.46. The molecule has 1 aliphatic rings. The number of hydrogen-bond donors (Lipinski definition) is 0. The van der Waals surface area contributed by atoms with Crippen molar-refractivity contribution in [3.05, 3.63) is 188 Å². The molecule has 9 aromatic rings. The van der Waals surface area contributed by atoms with Crippen LogP contribution in [0.5, 0.6) is 0 Å². The number of anilines is 3. The standard InChI is InChI=1S/C52H41NO/c1-4-15-36(16-5-1)45-24-14-25-46(37-17-6-2-7-18-37)52(45)39-27-29-41(30-28-39)53(42-31-32-48-47-23-12-13-26-50(47)54-51(48)35-42)43-33-40-21-10-11-22-44(40)49(34-43)38-19-8-3-9-20-38/h1-2,4-7,10-18,21-35,38H,3,8-9,19-20H2. The van der Waals surface area contributed by atoms with Crippen LogP contribution >= 0.6 is 0 Å². The van der Waals surface area contributed by atoms with E-state index in [1.54, 1.807) is 0 Å². The van der Waals surface area contributed by atoms with E-state index in [0.717, 1.165) is 33.3 Å². The summed E-state index contributed by atoms with van der Waals surface area (Å²) >= 11 is 0. The first-order valence-electron chi connectivity index (χ1n) is 19.4. The quantitative estimate of drug-likeness (QED) is 0.165. The predicted octanol–water partition coefficient (Wildman–Crippen LogP) is 15.3. The van der Waals surface area contributed by atoms with Crippen molar-refractivity contribution < 1.29 is 4.42 Å². The third kappa shape index (κ3) is 5.85. The van der Waals surface area contributed by atoms with Crippen LogP contribution in [0.15, 0.2) is 186 Å². The van der Waals surface area contributed by atoms with Crippen LogP contribution in [0.2, 0.25) is 0 Å². The van der Waals surface area contributed by atoms with E-state index in [0.29, 0.717) is 5.92 Å². The van der Waals surface area contributed by atoms with Gasteiger partial charge in [0, 0.05) is 33.9 Å². The fourth-order valence-corrected chi connectivity index (χ4v) is 8.86. The highest BCUT2D eigenvalue weighted by Gasteiger charge is 2.23. The van der Waals surface area contributed by atoms with Gasteiger partial charge in [-0.25, -0.2) is 0 Å². The van der Waals surface area contributed by atoms with Gasteiger partial charge in [0.2, 0.25) is 0 Å². The lowest BCUT2D eigenvalue weighted by Gasteiger charge is -2.29. The van der Waals surface area contributed by atoms with Gasteiger partial charge in [-0.15, -0.1) is 0 Å². The molecule has 0 unspecified atom stereocenters. The molecular weight excluding hydrogens is 655 g/mol. The topological polar surface area (TPSA) is 16.4 Å². The summed E-state index contributed by atoms with van der Waals surface area (Å²) in [5.74, 6) is 0.566. The van der Waals surface area contributed by atoms with Gasteiger partial charge in [0.25, 0.3) is 0 Å². The lowest BCUT2D eigenvalue weighted by Crippen LogP contribution is -2.12. The largest absolute Gasteiger partial charge is 0.456 e. The smallest absolute Gasteiger partial charge is 0.137 e. The van der Waals surface area contributed by atoms with Gasteiger partial charge in [-0.1, -0.05) is 153 Å². The van der Waals surface area contributed by atoms with E-state index in [2.05, 4.69) is 181 Å². The second kappa shape index (κ2) is 13.9. The molecular formula is C52H41NO. The van der Waals surface area contributed by atoms with E-state index in [1.807, 2.05) is 6.07 Å². The van der Waals surface area contributed by atoms with E-state index in [9.17, 15) is 0 Å². The molecule has 1 aromatic heterocycles. The number of benzene rings is 8. The molecule has 0 radical (unpaired) electrons. The first kappa shape index (κ1) is 32.3. The van der Waals surface area contributed by atoms with Crippen molar-refractivity contribution in [3.8, 4) is 33.4 Å². The second-order valence-corrected chi connectivity index (χ2v) is 14.7. The van der Waals surface area contributed by atoms with Crippen LogP contribution in [-0.2, 0) is 0 Å². The van der Waals surface area contributed by atoms with Gasteiger partial charge in [0.15, 0.2) is 0 Å². The highest BCUT2D eigenvalue weighted by molar-refractivity contribution is 6.06. The van der Waals surface area contributed by atoms with Gasteiger partial charge in [-0.05, 0) is 111 Å². The van der Waals surface area contributed by atoms with Crippen LogP contribution in [0.25, 0.3) is 66.1 Å². The Hall–Kier alpha value is -6.38. The van der Waals surface area contributed by atoms with Gasteiger partial charge < -0.3 is 9.32 Å². The van der Waals surface area contributed by atoms with E-state index in [4.69, 9.17) is 4.42 Å². The van der Waals surface area contributed by atoms with E-state index >= 15 is 0 Å². The van der Waals surface area contributed by atoms with Gasteiger partial charge in [0.1, 0.15) is 11.2 Å². The molecule has 8 aromatic carbocycles. The first-order valence-corrected chi connectivity index (χ1v) is 19.4. The zero-order chi connectivity index (χ0) is 35.8. The molecule has 0 atom stereocenters. The summed E-state index contributed by atoms with van der Waals surface area (Å²) in [6, 6.07) is 66.2. The van der Waals surface area contributed by atoms with Crippen LogP contribution in [0.4, 0.5) is 17.1 Å². The summed E-state index contributed by atoms with van der Waals surface area (Å²) in [7, 11) is 0. The fourth-order valence-electron chi connectivity index (χ4n) is 8.86. The molecule has 0 spiro atoms. The summed E-state index contributed by atoms with van der Waals surface area (Å²) in [6.07, 6.45) is 6.43. The molecule has 260 valence electrons. The minimum absolute atomic E-state index is 0.566. The summed E-state index contributed by atoms with van der Waals surface area (Å²) in [4.78, 5) is 2.43. The molecule has 1 aliphatic carbocycles. The van der Waals surface area contributed by atoms with Gasteiger partial charge in [-0.3, -0.25) is 0 Å². The van der Waals surface area contributed by atoms with Crippen LogP contribution in [0, 0.1) is 0 Å². The van der Waals surface area contributed by atoms with Crippen molar-refractivity contribution in [2.75, 3.05) is 4.90 Å². The minimum atomic E-state index is 0.566. The molecule has 0 aliphatic heterocycles. The number of furan rings is 1. The molecule has 1 fully saturated rings. The lowest BCUT2D eigenvalue weighted by molar-refractivity contribution is 0.445. The number of fused-ring (bicyclic) bond motifs is 4. The van der Waals surface area contributed by atoms with Crippen molar-refractivity contribution in [3.63, 3.8) is 0 Å². The van der Waals surface area contributed by atoms with Crippen molar-refractivity contribution in [1.82, 2.24) is 0 Å². The Bertz CT molecular complexity index is 2680. The van der Waals surface area contributed by atoms with Crippen LogP contribution < -0.4 is 4.90 Å². The van der Waals surface area contributed by atoms with E-state index < -0.39 is 0 Å².